The zero-order valence-corrected chi connectivity index (χ0v) is 17.3. The van der Waals surface area contributed by atoms with Crippen LogP contribution >= 0.6 is 0 Å². The molecule has 1 aliphatic heterocycles. The molecule has 0 bridgehead atoms. The molecule has 0 saturated carbocycles. The Labute approximate surface area is 179 Å². The number of phenolic OH excluding ortho intramolecular Hbond substituents is 1. The maximum Gasteiger partial charge on any atom is 0.342 e. The summed E-state index contributed by atoms with van der Waals surface area (Å²) in [7, 11) is 0. The van der Waals surface area contributed by atoms with Gasteiger partial charge < -0.3 is 35.3 Å². The predicted molar refractivity (Wildman–Crippen MR) is 113 cm³/mol. The number of carboxylic acid groups (broad SMARTS) is 1. The van der Waals surface area contributed by atoms with Crippen LogP contribution in [0.15, 0.2) is 30.4 Å². The van der Waals surface area contributed by atoms with Crippen molar-refractivity contribution < 1.29 is 39.5 Å². The Hall–Kier alpha value is -3.17. The molecule has 4 atom stereocenters. The number of anilines is 1. The molecule has 0 radical (unpaired) electrons. The van der Waals surface area contributed by atoms with Gasteiger partial charge in [-0.15, -0.1) is 0 Å². The molecule has 2 rings (SSSR count). The third-order valence-electron chi connectivity index (χ3n) is 5.15. The molecule has 1 heterocycles. The van der Waals surface area contributed by atoms with E-state index < -0.39 is 42.0 Å². The van der Waals surface area contributed by atoms with Crippen molar-refractivity contribution in [2.75, 3.05) is 11.9 Å². The number of hydrogen-bond donors (Lipinski definition) is 5. The smallest absolute Gasteiger partial charge is 0.342 e. The number of phenols is 1. The van der Waals surface area contributed by atoms with E-state index in [9.17, 15) is 29.7 Å². The highest BCUT2D eigenvalue weighted by Crippen LogP contribution is 2.30. The third kappa shape index (κ3) is 6.16. The number of hydrogen-bond acceptors (Lipinski definition) is 8. The number of benzene rings is 1. The Morgan fingerprint density at radius 2 is 2.03 bits per heavy atom. The number of esters is 1. The number of aliphatic hydroxyl groups excluding tert-OH is 1. The molecule has 1 aromatic rings. The average molecular weight is 433 g/mol. The minimum absolute atomic E-state index is 0.114. The lowest BCUT2D eigenvalue weighted by Crippen LogP contribution is -2.43. The van der Waals surface area contributed by atoms with Crippen molar-refractivity contribution in [2.24, 2.45) is 5.92 Å². The Bertz CT molecular complexity index is 894. The van der Waals surface area contributed by atoms with E-state index in [0.29, 0.717) is 6.29 Å². The van der Waals surface area contributed by atoms with Gasteiger partial charge in [0.25, 0.3) is 0 Å². The normalized spacial score (nSPS) is 29.0. The van der Waals surface area contributed by atoms with E-state index >= 15 is 0 Å². The van der Waals surface area contributed by atoms with Crippen LogP contribution in [-0.2, 0) is 14.3 Å². The number of fused-ring (bicyclic) bond motifs is 1. The minimum Gasteiger partial charge on any atom is -0.507 e. The van der Waals surface area contributed by atoms with E-state index in [1.807, 2.05) is 0 Å². The predicted octanol–water partition coefficient (Wildman–Crippen LogP) is 1.72. The summed E-state index contributed by atoms with van der Waals surface area (Å²) >= 11 is 0. The molecule has 5 N–H and O–H groups in total. The van der Waals surface area contributed by atoms with Gasteiger partial charge in [-0.25, -0.2) is 4.79 Å². The average Bonchev–Trinajstić information content (AvgIpc) is 2.70. The molecule has 1 aromatic carbocycles. The largest absolute Gasteiger partial charge is 0.507 e. The molecule has 0 spiro atoms. The van der Waals surface area contributed by atoms with E-state index in [0.717, 1.165) is 0 Å². The zero-order chi connectivity index (χ0) is 23.2. The fourth-order valence-corrected chi connectivity index (χ4v) is 3.04. The number of carbonyl (C=O) groups excluding carboxylic acids is 2. The van der Waals surface area contributed by atoms with Gasteiger partial charge in [0, 0.05) is 24.1 Å². The molecule has 9 heteroatoms. The summed E-state index contributed by atoms with van der Waals surface area (Å²) in [4.78, 5) is 35.0. The van der Waals surface area contributed by atoms with E-state index in [1.54, 1.807) is 26.0 Å². The van der Waals surface area contributed by atoms with Crippen molar-refractivity contribution in [3.8, 4) is 5.75 Å². The third-order valence-corrected chi connectivity index (χ3v) is 5.15. The summed E-state index contributed by atoms with van der Waals surface area (Å²) in [5.74, 6) is -2.57. The van der Waals surface area contributed by atoms with Crippen molar-refractivity contribution >= 4 is 30.0 Å². The van der Waals surface area contributed by atoms with Crippen molar-refractivity contribution in [1.29, 1.82) is 0 Å². The van der Waals surface area contributed by atoms with Gasteiger partial charge in [0.1, 0.15) is 29.6 Å². The maximum atomic E-state index is 12.8. The molecule has 31 heavy (non-hydrogen) atoms. The summed E-state index contributed by atoms with van der Waals surface area (Å²) < 4.78 is 5.47. The number of ether oxygens (including phenoxy) is 1. The lowest BCUT2D eigenvalue weighted by molar-refractivity contribution is -0.136. The fourth-order valence-electron chi connectivity index (χ4n) is 3.04. The van der Waals surface area contributed by atoms with Crippen LogP contribution < -0.4 is 5.32 Å². The number of carbonyl (C=O) groups is 3. The lowest BCUT2D eigenvalue weighted by atomic mass is 9.90. The molecule has 0 amide bonds. The molecular weight excluding hydrogens is 406 g/mol. The van der Waals surface area contributed by atoms with Crippen LogP contribution in [0.3, 0.4) is 0 Å². The summed E-state index contributed by atoms with van der Waals surface area (Å²) in [6.07, 6.45) is 4.15. The molecule has 9 nitrogen and oxygen atoms in total. The highest BCUT2D eigenvalue weighted by molar-refractivity contribution is 5.97. The van der Waals surface area contributed by atoms with Crippen molar-refractivity contribution in [1.82, 2.24) is 0 Å². The van der Waals surface area contributed by atoms with E-state index in [1.165, 1.54) is 24.3 Å². The second kappa shape index (κ2) is 10.2. The monoisotopic (exact) mass is 433 g/mol. The molecule has 1 aliphatic rings. The lowest BCUT2D eigenvalue weighted by Gasteiger charge is -2.26. The van der Waals surface area contributed by atoms with Crippen LogP contribution in [0.4, 0.5) is 5.69 Å². The Balaban J connectivity index is 2.50. The molecule has 0 aliphatic carbocycles. The van der Waals surface area contributed by atoms with Gasteiger partial charge in [-0.2, -0.15) is 0 Å². The summed E-state index contributed by atoms with van der Waals surface area (Å²) in [5.41, 5.74) is -1.64. The molecule has 168 valence electrons. The molecular formula is C22H27NO8. The molecule has 0 unspecified atom stereocenters. The Morgan fingerprint density at radius 3 is 2.68 bits per heavy atom. The number of nitrogens with one attached hydrogen (secondary N) is 1. The van der Waals surface area contributed by atoms with E-state index in [-0.39, 0.29) is 35.6 Å². The van der Waals surface area contributed by atoms with Crippen molar-refractivity contribution in [2.45, 2.75) is 44.5 Å². The van der Waals surface area contributed by atoms with E-state index in [4.69, 9.17) is 9.84 Å². The SMILES string of the molecule is C[C@@H]1/C=C\C[C@](O)(C=O)[C@@H](O)C/C=C/c2cc(NCC(=O)O)cc(O)c2C(=O)O[C@H]1C. The number of aromatic hydroxyl groups is 1. The Kier molecular flexibility index (Phi) is 7.95. The van der Waals surface area contributed by atoms with Gasteiger partial charge in [-0.1, -0.05) is 31.2 Å². The topological polar surface area (TPSA) is 153 Å². The number of carboxylic acids is 1. The standard InChI is InChI=1S/C22H27NO8/c1-13-5-4-8-22(30,12-24)18(26)7-3-6-15-9-16(23-11-19(27)28)10-17(25)20(15)21(29)31-14(13)2/h3-6,9-10,12-14,18,23,25-26,30H,7-8,11H2,1-2H3,(H,27,28)/b5-4-,6-3+/t13-,14+,18+,22+/m1/s1. The second-order valence-corrected chi connectivity index (χ2v) is 7.57. The maximum absolute atomic E-state index is 12.8. The van der Waals surface area contributed by atoms with Crippen LogP contribution in [-0.4, -0.2) is 63.0 Å². The molecule has 0 saturated heterocycles. The van der Waals surface area contributed by atoms with Gasteiger partial charge in [0.15, 0.2) is 6.29 Å². The van der Waals surface area contributed by atoms with Crippen LogP contribution in [0.25, 0.3) is 6.08 Å². The van der Waals surface area contributed by atoms with Gasteiger partial charge in [-0.3, -0.25) is 4.79 Å². The summed E-state index contributed by atoms with van der Waals surface area (Å²) in [5, 5.41) is 42.7. The van der Waals surface area contributed by atoms with Gasteiger partial charge in [-0.05, 0) is 25.0 Å². The van der Waals surface area contributed by atoms with Crippen LogP contribution in [0.5, 0.6) is 5.75 Å². The number of cyclic esters (lactones) is 1. The molecule has 0 aromatic heterocycles. The number of aliphatic hydroxyl groups is 2. The van der Waals surface area contributed by atoms with Gasteiger partial charge in [0.05, 0.1) is 6.10 Å². The quantitative estimate of drug-likeness (QED) is 0.271. The van der Waals surface area contributed by atoms with Crippen LogP contribution in [0, 0.1) is 5.92 Å². The summed E-state index contributed by atoms with van der Waals surface area (Å²) in [6.45, 7) is 3.03. The van der Waals surface area contributed by atoms with Gasteiger partial charge in [0.2, 0.25) is 0 Å². The summed E-state index contributed by atoms with van der Waals surface area (Å²) in [6, 6.07) is 2.67. The van der Waals surface area contributed by atoms with Crippen molar-refractivity contribution in [3.63, 3.8) is 0 Å². The van der Waals surface area contributed by atoms with Crippen LogP contribution in [0.2, 0.25) is 0 Å². The number of aldehydes is 1. The second-order valence-electron chi connectivity index (χ2n) is 7.57. The van der Waals surface area contributed by atoms with Crippen molar-refractivity contribution in [3.05, 3.63) is 41.5 Å². The zero-order valence-electron chi connectivity index (χ0n) is 17.3. The highest BCUT2D eigenvalue weighted by atomic mass is 16.5. The first kappa shape index (κ1) is 24.1. The van der Waals surface area contributed by atoms with Gasteiger partial charge >= 0.3 is 11.9 Å². The van der Waals surface area contributed by atoms with E-state index in [2.05, 4.69) is 5.32 Å². The van der Waals surface area contributed by atoms with Crippen LogP contribution in [0.1, 0.15) is 42.6 Å². The Morgan fingerprint density at radius 1 is 1.32 bits per heavy atom. The minimum atomic E-state index is -1.99. The first-order valence-electron chi connectivity index (χ1n) is 9.81. The first-order chi connectivity index (χ1) is 14.6. The molecule has 0 fully saturated rings. The number of rotatable bonds is 4. The fraction of sp³-hybridized carbons (Fsp3) is 0.409. The first-order valence-corrected chi connectivity index (χ1v) is 9.81. The number of aliphatic carboxylic acids is 1. The highest BCUT2D eigenvalue weighted by Gasteiger charge is 2.33.